The molecule has 0 aliphatic rings. The molecule has 0 atom stereocenters. The normalized spacial score (nSPS) is 10.8. The van der Waals surface area contributed by atoms with Crippen molar-refractivity contribution in [2.75, 3.05) is 6.61 Å². The molecule has 2 aromatic rings. The summed E-state index contributed by atoms with van der Waals surface area (Å²) in [6.07, 6.45) is 1.02. The predicted octanol–water partition coefficient (Wildman–Crippen LogP) is 3.37. The van der Waals surface area contributed by atoms with Gasteiger partial charge in [-0.1, -0.05) is 24.2 Å². The van der Waals surface area contributed by atoms with Crippen LogP contribution in [0.5, 0.6) is 5.75 Å². The van der Waals surface area contributed by atoms with Crippen molar-refractivity contribution in [1.29, 1.82) is 0 Å². The first-order chi connectivity index (χ1) is 9.70. The van der Waals surface area contributed by atoms with Crippen molar-refractivity contribution < 1.29 is 9.26 Å². The highest BCUT2D eigenvalue weighted by Gasteiger charge is 2.07. The second kappa shape index (κ2) is 7.10. The number of nitrogens with one attached hydrogen (secondary N) is 1. The highest BCUT2D eigenvalue weighted by atomic mass is 16.5. The van der Waals surface area contributed by atoms with Crippen molar-refractivity contribution in [2.45, 2.75) is 40.3 Å². The third-order valence-corrected chi connectivity index (χ3v) is 3.18. The van der Waals surface area contributed by atoms with E-state index in [1.54, 1.807) is 0 Å². The van der Waals surface area contributed by atoms with Gasteiger partial charge in [-0.15, -0.1) is 0 Å². The Balaban J connectivity index is 1.88. The van der Waals surface area contributed by atoms with Crippen LogP contribution in [0, 0.1) is 13.8 Å². The van der Waals surface area contributed by atoms with Crippen LogP contribution in [0.25, 0.3) is 0 Å². The van der Waals surface area contributed by atoms with Crippen LogP contribution in [0.4, 0.5) is 0 Å². The first kappa shape index (κ1) is 14.6. The largest absolute Gasteiger partial charge is 0.494 e. The SMILES string of the molecule is CCCOc1cccc(CNCc2c(C)noc2C)c1. The Hall–Kier alpha value is -1.81. The molecule has 0 aliphatic carbocycles. The summed E-state index contributed by atoms with van der Waals surface area (Å²) in [5.74, 6) is 1.82. The van der Waals surface area contributed by atoms with Crippen LogP contribution in [-0.2, 0) is 13.1 Å². The molecule has 4 heteroatoms. The van der Waals surface area contributed by atoms with Crippen molar-refractivity contribution >= 4 is 0 Å². The first-order valence-corrected chi connectivity index (χ1v) is 7.05. The predicted molar refractivity (Wildman–Crippen MR) is 78.7 cm³/mol. The Bertz CT molecular complexity index is 530. The lowest BCUT2D eigenvalue weighted by atomic mass is 10.2. The maximum atomic E-state index is 5.63. The molecule has 20 heavy (non-hydrogen) atoms. The van der Waals surface area contributed by atoms with Gasteiger partial charge in [-0.3, -0.25) is 0 Å². The maximum Gasteiger partial charge on any atom is 0.138 e. The number of hydrogen-bond donors (Lipinski definition) is 1. The molecule has 0 saturated carbocycles. The van der Waals surface area contributed by atoms with Crippen LogP contribution >= 0.6 is 0 Å². The van der Waals surface area contributed by atoms with Crippen molar-refractivity contribution in [3.8, 4) is 5.75 Å². The fourth-order valence-electron chi connectivity index (χ4n) is 2.05. The smallest absolute Gasteiger partial charge is 0.138 e. The quantitative estimate of drug-likeness (QED) is 0.841. The molecular formula is C16H22N2O2. The Kier molecular flexibility index (Phi) is 5.18. The van der Waals surface area contributed by atoms with Gasteiger partial charge in [0.2, 0.25) is 0 Å². The third-order valence-electron chi connectivity index (χ3n) is 3.18. The van der Waals surface area contributed by atoms with Gasteiger partial charge in [-0.05, 0) is 38.0 Å². The zero-order chi connectivity index (χ0) is 14.4. The van der Waals surface area contributed by atoms with E-state index < -0.39 is 0 Å². The summed E-state index contributed by atoms with van der Waals surface area (Å²) in [4.78, 5) is 0. The Morgan fingerprint density at radius 2 is 2.10 bits per heavy atom. The minimum atomic E-state index is 0.760. The average molecular weight is 274 g/mol. The molecule has 0 saturated heterocycles. The molecule has 108 valence electrons. The third kappa shape index (κ3) is 3.84. The molecule has 0 bridgehead atoms. The Morgan fingerprint density at radius 1 is 1.25 bits per heavy atom. The maximum absolute atomic E-state index is 5.63. The summed E-state index contributed by atoms with van der Waals surface area (Å²) >= 11 is 0. The van der Waals surface area contributed by atoms with Gasteiger partial charge in [-0.25, -0.2) is 0 Å². The van der Waals surface area contributed by atoms with Crippen LogP contribution in [0.3, 0.4) is 0 Å². The van der Waals surface area contributed by atoms with Gasteiger partial charge in [0, 0.05) is 18.7 Å². The summed E-state index contributed by atoms with van der Waals surface area (Å²) in [5.41, 5.74) is 3.31. The second-order valence-electron chi connectivity index (χ2n) is 4.90. The van der Waals surface area contributed by atoms with E-state index >= 15 is 0 Å². The van der Waals surface area contributed by atoms with E-state index in [0.717, 1.165) is 48.9 Å². The molecule has 0 aliphatic heterocycles. The highest BCUT2D eigenvalue weighted by Crippen LogP contribution is 2.15. The molecule has 0 unspecified atom stereocenters. The number of ether oxygens (including phenoxy) is 1. The van der Waals surface area contributed by atoms with Crippen molar-refractivity contribution in [3.05, 3.63) is 46.8 Å². The lowest BCUT2D eigenvalue weighted by Gasteiger charge is -2.08. The standard InChI is InChI=1S/C16H22N2O2/c1-4-8-19-15-7-5-6-14(9-15)10-17-11-16-12(2)18-20-13(16)3/h5-7,9,17H,4,8,10-11H2,1-3H3. The van der Waals surface area contributed by atoms with Gasteiger partial charge in [0.05, 0.1) is 12.3 Å². The number of aryl methyl sites for hydroxylation is 2. The zero-order valence-corrected chi connectivity index (χ0v) is 12.4. The van der Waals surface area contributed by atoms with Crippen molar-refractivity contribution in [2.24, 2.45) is 0 Å². The number of benzene rings is 1. The molecule has 1 N–H and O–H groups in total. The van der Waals surface area contributed by atoms with E-state index in [4.69, 9.17) is 9.26 Å². The zero-order valence-electron chi connectivity index (χ0n) is 12.4. The second-order valence-corrected chi connectivity index (χ2v) is 4.90. The molecule has 0 fully saturated rings. The summed E-state index contributed by atoms with van der Waals surface area (Å²) in [6.45, 7) is 8.34. The summed E-state index contributed by atoms with van der Waals surface area (Å²) < 4.78 is 10.8. The van der Waals surface area contributed by atoms with E-state index in [1.165, 1.54) is 5.56 Å². The van der Waals surface area contributed by atoms with Gasteiger partial charge >= 0.3 is 0 Å². The molecule has 4 nitrogen and oxygen atoms in total. The van der Waals surface area contributed by atoms with Crippen LogP contribution in [0.2, 0.25) is 0 Å². The average Bonchev–Trinajstić information content (AvgIpc) is 2.77. The van der Waals surface area contributed by atoms with Gasteiger partial charge in [0.1, 0.15) is 11.5 Å². The van der Waals surface area contributed by atoms with E-state index in [0.29, 0.717) is 0 Å². The number of hydrogen-bond acceptors (Lipinski definition) is 4. The fraction of sp³-hybridized carbons (Fsp3) is 0.438. The Morgan fingerprint density at radius 3 is 2.80 bits per heavy atom. The molecule has 1 aromatic carbocycles. The minimum Gasteiger partial charge on any atom is -0.494 e. The number of aromatic nitrogens is 1. The molecule has 0 amide bonds. The number of rotatable bonds is 7. The molecule has 1 aromatic heterocycles. The van der Waals surface area contributed by atoms with Gasteiger partial charge in [0.15, 0.2) is 0 Å². The van der Waals surface area contributed by atoms with Crippen LogP contribution in [0.1, 0.15) is 35.9 Å². The monoisotopic (exact) mass is 274 g/mol. The summed E-state index contributed by atoms with van der Waals surface area (Å²) in [5, 5.41) is 7.37. The molecule has 1 heterocycles. The summed E-state index contributed by atoms with van der Waals surface area (Å²) in [6, 6.07) is 8.19. The lowest BCUT2D eigenvalue weighted by molar-refractivity contribution is 0.317. The van der Waals surface area contributed by atoms with Crippen LogP contribution in [0.15, 0.2) is 28.8 Å². The van der Waals surface area contributed by atoms with Gasteiger partial charge in [0.25, 0.3) is 0 Å². The first-order valence-electron chi connectivity index (χ1n) is 7.05. The molecule has 2 rings (SSSR count). The van der Waals surface area contributed by atoms with Gasteiger partial charge < -0.3 is 14.6 Å². The minimum absolute atomic E-state index is 0.760. The van der Waals surface area contributed by atoms with Crippen LogP contribution in [-0.4, -0.2) is 11.8 Å². The van der Waals surface area contributed by atoms with E-state index in [-0.39, 0.29) is 0 Å². The lowest BCUT2D eigenvalue weighted by Crippen LogP contribution is -2.13. The highest BCUT2D eigenvalue weighted by molar-refractivity contribution is 5.28. The number of nitrogens with zero attached hydrogens (tertiary/aromatic N) is 1. The Labute approximate surface area is 120 Å². The summed E-state index contributed by atoms with van der Waals surface area (Å²) in [7, 11) is 0. The topological polar surface area (TPSA) is 47.3 Å². The van der Waals surface area contributed by atoms with Crippen molar-refractivity contribution in [3.63, 3.8) is 0 Å². The van der Waals surface area contributed by atoms with E-state index in [2.05, 4.69) is 29.5 Å². The fourth-order valence-corrected chi connectivity index (χ4v) is 2.05. The van der Waals surface area contributed by atoms with Crippen LogP contribution < -0.4 is 10.1 Å². The van der Waals surface area contributed by atoms with Crippen molar-refractivity contribution in [1.82, 2.24) is 10.5 Å². The van der Waals surface area contributed by atoms with E-state index in [1.807, 2.05) is 26.0 Å². The van der Waals surface area contributed by atoms with E-state index in [9.17, 15) is 0 Å². The molecule has 0 radical (unpaired) electrons. The molecular weight excluding hydrogens is 252 g/mol. The van der Waals surface area contributed by atoms with Gasteiger partial charge in [-0.2, -0.15) is 0 Å². The molecule has 0 spiro atoms.